The highest BCUT2D eigenvalue weighted by Crippen LogP contribution is 2.31. The molecule has 0 radical (unpaired) electrons. The molecule has 188 valence electrons. The Morgan fingerprint density at radius 1 is 1.11 bits per heavy atom. The zero-order valence-electron chi connectivity index (χ0n) is 21.1. The number of hydrogen-bond acceptors (Lipinski definition) is 7. The average Bonchev–Trinajstić information content (AvgIpc) is 3.16. The molecular weight excluding hydrogens is 476 g/mol. The van der Waals surface area contributed by atoms with E-state index in [0.29, 0.717) is 33.0 Å². The van der Waals surface area contributed by atoms with Crippen LogP contribution in [-0.2, 0) is 9.53 Å². The largest absolute Gasteiger partial charge is 0.497 e. The molecule has 7 nitrogen and oxygen atoms in total. The molecule has 0 amide bonds. The van der Waals surface area contributed by atoms with E-state index in [4.69, 9.17) is 14.2 Å². The highest BCUT2D eigenvalue weighted by Gasteiger charge is 2.33. The lowest BCUT2D eigenvalue weighted by molar-refractivity contribution is -0.143. The number of thiazole rings is 1. The maximum Gasteiger partial charge on any atom is 0.338 e. The van der Waals surface area contributed by atoms with Gasteiger partial charge < -0.3 is 14.2 Å². The van der Waals surface area contributed by atoms with E-state index in [9.17, 15) is 9.59 Å². The Morgan fingerprint density at radius 2 is 1.78 bits per heavy atom. The van der Waals surface area contributed by atoms with Gasteiger partial charge in [0, 0.05) is 0 Å². The number of esters is 1. The van der Waals surface area contributed by atoms with Crippen LogP contribution in [0.5, 0.6) is 11.5 Å². The number of carbonyl (C=O) groups excluding carboxylic acids is 1. The lowest BCUT2D eigenvalue weighted by atomic mass is 9.96. The second-order valence-corrected chi connectivity index (χ2v) is 9.74. The third kappa shape index (κ3) is 5.28. The summed E-state index contributed by atoms with van der Waals surface area (Å²) in [6.07, 6.45) is 2.47. The zero-order chi connectivity index (χ0) is 25.8. The van der Waals surface area contributed by atoms with Crippen molar-refractivity contribution in [3.63, 3.8) is 0 Å². The van der Waals surface area contributed by atoms with Crippen LogP contribution in [0.25, 0.3) is 6.08 Å². The van der Waals surface area contributed by atoms with E-state index in [2.05, 4.69) is 11.9 Å². The van der Waals surface area contributed by atoms with Crippen LogP contribution in [0, 0.1) is 0 Å². The monoisotopic (exact) mass is 506 g/mol. The minimum Gasteiger partial charge on any atom is -0.497 e. The second-order valence-electron chi connectivity index (χ2n) is 8.73. The van der Waals surface area contributed by atoms with E-state index in [-0.39, 0.29) is 11.7 Å². The van der Waals surface area contributed by atoms with E-state index < -0.39 is 12.0 Å². The molecular formula is C28H30N2O5S. The van der Waals surface area contributed by atoms with Crippen LogP contribution in [0.2, 0.25) is 0 Å². The van der Waals surface area contributed by atoms with Crippen molar-refractivity contribution in [2.24, 2.45) is 4.99 Å². The molecule has 1 aliphatic rings. The number of aromatic nitrogens is 1. The summed E-state index contributed by atoms with van der Waals surface area (Å²) in [6.45, 7) is 8.08. The Kier molecular flexibility index (Phi) is 7.74. The summed E-state index contributed by atoms with van der Waals surface area (Å²) < 4.78 is 18.6. The Bertz CT molecular complexity index is 1450. The van der Waals surface area contributed by atoms with Gasteiger partial charge >= 0.3 is 5.97 Å². The molecule has 1 atom stereocenters. The maximum absolute atomic E-state index is 13.7. The Labute approximate surface area is 214 Å². The van der Waals surface area contributed by atoms with Gasteiger partial charge in [0.2, 0.25) is 0 Å². The minimum absolute atomic E-state index is 0.215. The minimum atomic E-state index is -0.662. The number of hydrogen-bond donors (Lipinski definition) is 0. The third-order valence-corrected chi connectivity index (χ3v) is 6.65. The molecule has 1 aromatic heterocycles. The second kappa shape index (κ2) is 11.0. The van der Waals surface area contributed by atoms with Gasteiger partial charge in [0.15, 0.2) is 4.80 Å². The first kappa shape index (κ1) is 25.4. The van der Waals surface area contributed by atoms with Crippen molar-refractivity contribution in [1.82, 2.24) is 4.57 Å². The number of allylic oxidation sites excluding steroid dienone is 1. The third-order valence-electron chi connectivity index (χ3n) is 5.67. The SMILES string of the molecule is CCCOc1ccc(/C=c2/sc3n(c2=O)C(c2ccc(OC)cc2)C(C(=O)OC(C)C)=C(C)N=3)cc1. The smallest absolute Gasteiger partial charge is 0.338 e. The number of nitrogens with zero attached hydrogens (tertiary/aromatic N) is 2. The van der Waals surface area contributed by atoms with Gasteiger partial charge in [-0.3, -0.25) is 9.36 Å². The highest BCUT2D eigenvalue weighted by atomic mass is 32.1. The quantitative estimate of drug-likeness (QED) is 0.432. The number of rotatable bonds is 8. The van der Waals surface area contributed by atoms with Gasteiger partial charge in [-0.15, -0.1) is 0 Å². The molecule has 0 saturated heterocycles. The van der Waals surface area contributed by atoms with Crippen LogP contribution >= 0.6 is 11.3 Å². The van der Waals surface area contributed by atoms with Gasteiger partial charge in [0.25, 0.3) is 5.56 Å². The Balaban J connectivity index is 1.83. The first-order valence-electron chi connectivity index (χ1n) is 11.9. The van der Waals surface area contributed by atoms with E-state index in [1.807, 2.05) is 54.6 Å². The molecule has 0 N–H and O–H groups in total. The van der Waals surface area contributed by atoms with Crippen molar-refractivity contribution in [1.29, 1.82) is 0 Å². The fraction of sp³-hybridized carbons (Fsp3) is 0.321. The highest BCUT2D eigenvalue weighted by molar-refractivity contribution is 7.07. The molecule has 0 fully saturated rings. The van der Waals surface area contributed by atoms with Crippen LogP contribution in [0.3, 0.4) is 0 Å². The van der Waals surface area contributed by atoms with Crippen molar-refractivity contribution >= 4 is 23.4 Å². The number of fused-ring (bicyclic) bond motifs is 1. The van der Waals surface area contributed by atoms with E-state index in [1.165, 1.54) is 11.3 Å². The summed E-state index contributed by atoms with van der Waals surface area (Å²) >= 11 is 1.30. The van der Waals surface area contributed by atoms with Crippen LogP contribution in [0.15, 0.2) is 69.6 Å². The Morgan fingerprint density at radius 3 is 2.39 bits per heavy atom. The standard InChI is InChI=1S/C28H30N2O5S/c1-6-15-34-22-11-7-19(8-12-22)16-23-26(31)30-25(20-9-13-21(33-5)14-10-20)24(27(32)35-17(2)3)18(4)29-28(30)36-23/h7-14,16-17,25H,6,15H2,1-5H3/b23-16+. The average molecular weight is 507 g/mol. The summed E-state index contributed by atoms with van der Waals surface area (Å²) in [7, 11) is 1.59. The topological polar surface area (TPSA) is 79.1 Å². The molecule has 36 heavy (non-hydrogen) atoms. The molecule has 0 bridgehead atoms. The number of benzene rings is 2. The van der Waals surface area contributed by atoms with Gasteiger partial charge in [-0.2, -0.15) is 0 Å². The first-order valence-corrected chi connectivity index (χ1v) is 12.7. The molecule has 0 saturated carbocycles. The zero-order valence-corrected chi connectivity index (χ0v) is 21.9. The van der Waals surface area contributed by atoms with Crippen molar-refractivity contribution < 1.29 is 19.0 Å². The molecule has 8 heteroatoms. The molecule has 0 spiro atoms. The first-order chi connectivity index (χ1) is 17.3. The molecule has 0 aliphatic carbocycles. The predicted octanol–water partition coefficient (Wildman–Crippen LogP) is 3.98. The van der Waals surface area contributed by atoms with Gasteiger partial charge in [0.1, 0.15) is 11.5 Å². The summed E-state index contributed by atoms with van der Waals surface area (Å²) in [5.41, 5.74) is 2.32. The van der Waals surface area contributed by atoms with Crippen molar-refractivity contribution in [3.8, 4) is 11.5 Å². The summed E-state index contributed by atoms with van der Waals surface area (Å²) in [4.78, 5) is 32.0. The van der Waals surface area contributed by atoms with Crippen molar-refractivity contribution in [2.45, 2.75) is 46.3 Å². The fourth-order valence-electron chi connectivity index (χ4n) is 3.99. The molecule has 1 unspecified atom stereocenters. The van der Waals surface area contributed by atoms with Crippen LogP contribution < -0.4 is 24.4 Å². The van der Waals surface area contributed by atoms with Gasteiger partial charge in [-0.05, 0) is 68.7 Å². The van der Waals surface area contributed by atoms with Crippen LogP contribution in [0.4, 0.5) is 0 Å². The molecule has 4 rings (SSSR count). The van der Waals surface area contributed by atoms with Gasteiger partial charge in [-0.25, -0.2) is 9.79 Å². The Hall–Kier alpha value is -3.65. The van der Waals surface area contributed by atoms with Crippen LogP contribution in [-0.4, -0.2) is 30.4 Å². The number of carbonyl (C=O) groups is 1. The lowest BCUT2D eigenvalue weighted by Crippen LogP contribution is -2.40. The fourth-order valence-corrected chi connectivity index (χ4v) is 5.04. The molecule has 3 aromatic rings. The molecule has 1 aliphatic heterocycles. The van der Waals surface area contributed by atoms with Gasteiger partial charge in [0.05, 0.1) is 41.7 Å². The number of ether oxygens (including phenoxy) is 3. The van der Waals surface area contributed by atoms with E-state index in [1.54, 1.807) is 32.4 Å². The predicted molar refractivity (Wildman–Crippen MR) is 140 cm³/mol. The summed E-state index contributed by atoms with van der Waals surface area (Å²) in [5, 5.41) is 0. The normalized spacial score (nSPS) is 15.5. The van der Waals surface area contributed by atoms with Gasteiger partial charge in [-0.1, -0.05) is 42.5 Å². The summed E-state index contributed by atoms with van der Waals surface area (Å²) in [5.74, 6) is 0.993. The lowest BCUT2D eigenvalue weighted by Gasteiger charge is -2.25. The number of methoxy groups -OCH3 is 1. The van der Waals surface area contributed by atoms with Crippen molar-refractivity contribution in [2.75, 3.05) is 13.7 Å². The summed E-state index contributed by atoms with van der Waals surface area (Å²) in [6, 6.07) is 14.3. The van der Waals surface area contributed by atoms with E-state index in [0.717, 1.165) is 23.3 Å². The van der Waals surface area contributed by atoms with Crippen molar-refractivity contribution in [3.05, 3.63) is 90.6 Å². The molecule has 2 heterocycles. The maximum atomic E-state index is 13.7. The van der Waals surface area contributed by atoms with Crippen LogP contribution in [0.1, 0.15) is 51.3 Å². The molecule has 2 aromatic carbocycles. The van der Waals surface area contributed by atoms with E-state index >= 15 is 0 Å².